The standard InChI is InChI=1S/C12H23F3N2/c1-8-10(16)5-4-9(11(8,2)3)6-17-7-12(13,14)15/h8-10,17H,4-7,16H2,1-3H3. The average molecular weight is 252 g/mol. The topological polar surface area (TPSA) is 38.0 Å². The molecule has 1 fully saturated rings. The van der Waals surface area contributed by atoms with Crippen molar-refractivity contribution >= 4 is 0 Å². The van der Waals surface area contributed by atoms with Crippen LogP contribution in [0.3, 0.4) is 0 Å². The van der Waals surface area contributed by atoms with Crippen LogP contribution in [-0.2, 0) is 0 Å². The molecule has 3 N–H and O–H groups in total. The molecule has 0 aromatic carbocycles. The van der Waals surface area contributed by atoms with Crippen molar-refractivity contribution in [1.82, 2.24) is 5.32 Å². The van der Waals surface area contributed by atoms with E-state index in [0.29, 0.717) is 12.5 Å². The average Bonchev–Trinajstić information content (AvgIpc) is 2.17. The third kappa shape index (κ3) is 3.85. The second kappa shape index (κ2) is 5.14. The maximum absolute atomic E-state index is 12.1. The van der Waals surface area contributed by atoms with Crippen molar-refractivity contribution in [2.24, 2.45) is 23.0 Å². The molecule has 5 heteroatoms. The van der Waals surface area contributed by atoms with Gasteiger partial charge in [0, 0.05) is 6.04 Å². The van der Waals surface area contributed by atoms with Gasteiger partial charge in [0.1, 0.15) is 0 Å². The van der Waals surface area contributed by atoms with Gasteiger partial charge < -0.3 is 11.1 Å². The molecule has 1 rings (SSSR count). The van der Waals surface area contributed by atoms with Crippen LogP contribution in [0, 0.1) is 17.3 Å². The largest absolute Gasteiger partial charge is 0.401 e. The van der Waals surface area contributed by atoms with Gasteiger partial charge in [0.15, 0.2) is 0 Å². The molecule has 102 valence electrons. The third-order valence-electron chi connectivity index (χ3n) is 4.43. The molecular weight excluding hydrogens is 229 g/mol. The first-order chi connectivity index (χ1) is 7.64. The fourth-order valence-corrected chi connectivity index (χ4v) is 2.69. The lowest BCUT2D eigenvalue weighted by Gasteiger charge is -2.47. The molecule has 0 amide bonds. The second-order valence-corrected chi connectivity index (χ2v) is 5.79. The summed E-state index contributed by atoms with van der Waals surface area (Å²) in [5.41, 5.74) is 6.01. The highest BCUT2D eigenvalue weighted by Crippen LogP contribution is 2.43. The Kier molecular flexibility index (Phi) is 4.47. The summed E-state index contributed by atoms with van der Waals surface area (Å²) in [4.78, 5) is 0. The van der Waals surface area contributed by atoms with Crippen molar-refractivity contribution in [2.45, 2.75) is 45.8 Å². The number of nitrogens with two attached hydrogens (primary N) is 1. The van der Waals surface area contributed by atoms with E-state index in [-0.39, 0.29) is 17.4 Å². The van der Waals surface area contributed by atoms with E-state index < -0.39 is 12.7 Å². The molecular formula is C12H23F3N2. The summed E-state index contributed by atoms with van der Waals surface area (Å²) in [6.07, 6.45) is -2.31. The number of halogens is 3. The maximum atomic E-state index is 12.1. The van der Waals surface area contributed by atoms with E-state index in [4.69, 9.17) is 5.73 Å². The Hall–Kier alpha value is -0.290. The molecule has 1 aliphatic rings. The van der Waals surface area contributed by atoms with E-state index in [2.05, 4.69) is 26.1 Å². The first-order valence-corrected chi connectivity index (χ1v) is 6.17. The first kappa shape index (κ1) is 14.8. The van der Waals surface area contributed by atoms with E-state index in [1.807, 2.05) is 0 Å². The van der Waals surface area contributed by atoms with Crippen molar-refractivity contribution in [3.05, 3.63) is 0 Å². The van der Waals surface area contributed by atoms with Gasteiger partial charge in [-0.3, -0.25) is 0 Å². The molecule has 1 aliphatic carbocycles. The Balaban J connectivity index is 2.48. The SMILES string of the molecule is CC1C(N)CCC(CNCC(F)(F)F)C1(C)C. The molecule has 0 saturated heterocycles. The van der Waals surface area contributed by atoms with E-state index >= 15 is 0 Å². The zero-order chi connectivity index (χ0) is 13.3. The minimum absolute atomic E-state index is 0.00371. The fourth-order valence-electron chi connectivity index (χ4n) is 2.69. The number of nitrogens with one attached hydrogen (secondary N) is 1. The van der Waals surface area contributed by atoms with Gasteiger partial charge in [0.25, 0.3) is 0 Å². The lowest BCUT2D eigenvalue weighted by atomic mass is 9.61. The highest BCUT2D eigenvalue weighted by molar-refractivity contribution is 4.94. The molecule has 3 atom stereocenters. The van der Waals surface area contributed by atoms with Crippen LogP contribution in [0.4, 0.5) is 13.2 Å². The van der Waals surface area contributed by atoms with Crippen LogP contribution >= 0.6 is 0 Å². The Bertz CT molecular complexity index is 251. The molecule has 2 nitrogen and oxygen atoms in total. The van der Waals surface area contributed by atoms with Crippen LogP contribution in [0.1, 0.15) is 33.6 Å². The Labute approximate surface area is 101 Å². The molecule has 1 saturated carbocycles. The summed E-state index contributed by atoms with van der Waals surface area (Å²) >= 11 is 0. The van der Waals surface area contributed by atoms with Gasteiger partial charge in [0.2, 0.25) is 0 Å². The summed E-state index contributed by atoms with van der Waals surface area (Å²) in [6.45, 7) is 5.83. The van der Waals surface area contributed by atoms with Crippen LogP contribution in [-0.4, -0.2) is 25.3 Å². The van der Waals surface area contributed by atoms with Gasteiger partial charge in [-0.15, -0.1) is 0 Å². The van der Waals surface area contributed by atoms with Gasteiger partial charge in [-0.25, -0.2) is 0 Å². The number of alkyl halides is 3. The van der Waals surface area contributed by atoms with Crippen molar-refractivity contribution in [1.29, 1.82) is 0 Å². The quantitative estimate of drug-likeness (QED) is 0.810. The lowest BCUT2D eigenvalue weighted by Crippen LogP contribution is -2.50. The van der Waals surface area contributed by atoms with E-state index in [9.17, 15) is 13.2 Å². The zero-order valence-electron chi connectivity index (χ0n) is 10.8. The van der Waals surface area contributed by atoms with Gasteiger partial charge in [-0.05, 0) is 36.6 Å². The van der Waals surface area contributed by atoms with Gasteiger partial charge in [0.05, 0.1) is 6.54 Å². The molecule has 0 bridgehead atoms. The second-order valence-electron chi connectivity index (χ2n) is 5.79. The number of hydrogen-bond donors (Lipinski definition) is 2. The maximum Gasteiger partial charge on any atom is 0.401 e. The molecule has 17 heavy (non-hydrogen) atoms. The predicted molar refractivity (Wildman–Crippen MR) is 62.6 cm³/mol. The molecule has 0 aliphatic heterocycles. The zero-order valence-corrected chi connectivity index (χ0v) is 10.8. The molecule has 3 unspecified atom stereocenters. The van der Waals surface area contributed by atoms with Crippen LogP contribution in [0.15, 0.2) is 0 Å². The summed E-state index contributed by atoms with van der Waals surface area (Å²) in [5.74, 6) is 0.605. The van der Waals surface area contributed by atoms with Crippen LogP contribution in [0.5, 0.6) is 0 Å². The predicted octanol–water partition coefficient (Wildman–Crippen LogP) is 2.54. The summed E-state index contributed by atoms with van der Waals surface area (Å²) in [7, 11) is 0. The van der Waals surface area contributed by atoms with Crippen molar-refractivity contribution in [2.75, 3.05) is 13.1 Å². The van der Waals surface area contributed by atoms with Gasteiger partial charge in [-0.2, -0.15) is 13.2 Å². The third-order valence-corrected chi connectivity index (χ3v) is 4.43. The highest BCUT2D eigenvalue weighted by Gasteiger charge is 2.41. The lowest BCUT2D eigenvalue weighted by molar-refractivity contribution is -0.126. The minimum Gasteiger partial charge on any atom is -0.327 e. The molecule has 0 spiro atoms. The molecule has 0 radical (unpaired) electrons. The Morgan fingerprint density at radius 1 is 1.29 bits per heavy atom. The minimum atomic E-state index is -4.12. The number of rotatable bonds is 3. The van der Waals surface area contributed by atoms with Crippen molar-refractivity contribution < 1.29 is 13.2 Å². The Morgan fingerprint density at radius 2 is 1.88 bits per heavy atom. The van der Waals surface area contributed by atoms with Crippen LogP contribution in [0.25, 0.3) is 0 Å². The van der Waals surface area contributed by atoms with E-state index in [0.717, 1.165) is 12.8 Å². The first-order valence-electron chi connectivity index (χ1n) is 6.17. The smallest absolute Gasteiger partial charge is 0.327 e. The Morgan fingerprint density at radius 3 is 2.41 bits per heavy atom. The summed E-state index contributed by atoms with van der Waals surface area (Å²) in [6, 6.07) is 0.170. The summed E-state index contributed by atoms with van der Waals surface area (Å²) < 4.78 is 36.2. The highest BCUT2D eigenvalue weighted by atomic mass is 19.4. The summed E-state index contributed by atoms with van der Waals surface area (Å²) in [5, 5.41) is 2.52. The van der Waals surface area contributed by atoms with Crippen molar-refractivity contribution in [3.63, 3.8) is 0 Å². The molecule has 0 aromatic heterocycles. The van der Waals surface area contributed by atoms with Crippen molar-refractivity contribution in [3.8, 4) is 0 Å². The van der Waals surface area contributed by atoms with Gasteiger partial charge in [-0.1, -0.05) is 20.8 Å². The monoisotopic (exact) mass is 252 g/mol. The van der Waals surface area contributed by atoms with Crippen LogP contribution < -0.4 is 11.1 Å². The van der Waals surface area contributed by atoms with E-state index in [1.54, 1.807) is 0 Å². The van der Waals surface area contributed by atoms with Gasteiger partial charge >= 0.3 is 6.18 Å². The number of hydrogen-bond acceptors (Lipinski definition) is 2. The molecule has 0 heterocycles. The van der Waals surface area contributed by atoms with Crippen LogP contribution in [0.2, 0.25) is 0 Å². The van der Waals surface area contributed by atoms with E-state index in [1.165, 1.54) is 0 Å². The fraction of sp³-hybridized carbons (Fsp3) is 1.00. The molecule has 0 aromatic rings. The normalized spacial score (nSPS) is 33.7.